The third kappa shape index (κ3) is 6.95. The van der Waals surface area contributed by atoms with E-state index in [1.54, 1.807) is 12.1 Å². The lowest BCUT2D eigenvalue weighted by Gasteiger charge is -2.16. The largest absolute Gasteiger partial charge is 0.448 e. The molecule has 2 amide bonds. The number of carbonyl (C=O) groups excluding carboxylic acids is 2. The number of hydrogen-bond acceptors (Lipinski definition) is 8. The predicted molar refractivity (Wildman–Crippen MR) is 153 cm³/mol. The highest BCUT2D eigenvalue weighted by molar-refractivity contribution is 6.06. The highest BCUT2D eigenvalue weighted by Gasteiger charge is 2.29. The van der Waals surface area contributed by atoms with E-state index in [1.165, 1.54) is 11.8 Å². The zero-order valence-corrected chi connectivity index (χ0v) is 22.4. The van der Waals surface area contributed by atoms with Gasteiger partial charge in [-0.05, 0) is 56.0 Å². The van der Waals surface area contributed by atoms with Gasteiger partial charge in [0.15, 0.2) is 11.6 Å². The van der Waals surface area contributed by atoms with E-state index in [0.29, 0.717) is 48.4 Å². The average Bonchev–Trinajstić information content (AvgIpc) is 3.51. The molecule has 39 heavy (non-hydrogen) atoms. The minimum atomic E-state index is -0.382. The first-order valence-corrected chi connectivity index (χ1v) is 13.4. The zero-order valence-electron chi connectivity index (χ0n) is 22.4. The first kappa shape index (κ1) is 26.3. The second-order valence-corrected chi connectivity index (χ2v) is 10.1. The van der Waals surface area contributed by atoms with Gasteiger partial charge >= 0.3 is 0 Å². The van der Waals surface area contributed by atoms with Gasteiger partial charge in [-0.1, -0.05) is 18.2 Å². The molecular formula is C29H35N7O3. The van der Waals surface area contributed by atoms with Gasteiger partial charge in [-0.25, -0.2) is 4.98 Å². The van der Waals surface area contributed by atoms with Crippen LogP contribution >= 0.6 is 0 Å². The Morgan fingerprint density at radius 2 is 1.79 bits per heavy atom. The lowest BCUT2D eigenvalue weighted by atomic mass is 10.1. The SMILES string of the molecule is Cc1ccccc1NCCNc1ccc(C(=O)NCCC2CN(C)C=N2)cc1NC(=O)c1coc(C2CC2)n1. The summed E-state index contributed by atoms with van der Waals surface area (Å²) >= 11 is 0. The number of amides is 2. The zero-order chi connectivity index (χ0) is 27.2. The fourth-order valence-electron chi connectivity index (χ4n) is 4.46. The summed E-state index contributed by atoms with van der Waals surface area (Å²) in [6, 6.07) is 13.6. The molecule has 0 spiro atoms. The number of nitrogens with zero attached hydrogens (tertiary/aromatic N) is 3. The Hall–Kier alpha value is -4.34. The summed E-state index contributed by atoms with van der Waals surface area (Å²) in [5.41, 5.74) is 4.14. The number of aryl methyl sites for hydroxylation is 1. The average molecular weight is 530 g/mol. The molecule has 5 rings (SSSR count). The number of carbonyl (C=O) groups is 2. The molecule has 1 saturated carbocycles. The third-order valence-corrected chi connectivity index (χ3v) is 6.85. The number of para-hydroxylation sites is 1. The summed E-state index contributed by atoms with van der Waals surface area (Å²) in [6.07, 6.45) is 6.05. The quantitative estimate of drug-likeness (QED) is 0.261. The van der Waals surface area contributed by atoms with Crippen molar-refractivity contribution in [1.82, 2.24) is 15.2 Å². The van der Waals surface area contributed by atoms with Crippen molar-refractivity contribution in [2.24, 2.45) is 4.99 Å². The number of anilines is 3. The molecule has 2 aromatic carbocycles. The summed E-state index contributed by atoms with van der Waals surface area (Å²) < 4.78 is 5.49. The number of hydrogen-bond donors (Lipinski definition) is 4. The van der Waals surface area contributed by atoms with Crippen LogP contribution in [0.1, 0.15) is 57.5 Å². The van der Waals surface area contributed by atoms with E-state index in [9.17, 15) is 9.59 Å². The van der Waals surface area contributed by atoms with Crippen LogP contribution in [-0.2, 0) is 0 Å². The van der Waals surface area contributed by atoms with Crippen LogP contribution < -0.4 is 21.3 Å². The standard InChI is InChI=1S/C29H35N7O3/c1-19-5-3-4-6-23(19)30-13-14-31-24-10-9-21(27(37)32-12-11-22-16-36(2)18-33-22)15-25(24)34-28(38)26-17-39-29(35-26)20-7-8-20/h3-6,9-10,15,17-18,20,22,30-31H,7-8,11-14,16H2,1-2H3,(H,32,37)(H,34,38). The van der Waals surface area contributed by atoms with Crippen LogP contribution in [0.4, 0.5) is 17.1 Å². The van der Waals surface area contributed by atoms with Crippen molar-refractivity contribution in [3.8, 4) is 0 Å². The van der Waals surface area contributed by atoms with E-state index in [0.717, 1.165) is 31.5 Å². The molecule has 3 aromatic rings. The molecule has 1 aliphatic heterocycles. The van der Waals surface area contributed by atoms with E-state index >= 15 is 0 Å². The van der Waals surface area contributed by atoms with Gasteiger partial charge < -0.3 is 30.6 Å². The van der Waals surface area contributed by atoms with Crippen molar-refractivity contribution in [1.29, 1.82) is 0 Å². The molecule has 1 aromatic heterocycles. The third-order valence-electron chi connectivity index (χ3n) is 6.85. The fraction of sp³-hybridized carbons (Fsp3) is 0.379. The molecule has 204 valence electrons. The topological polar surface area (TPSA) is 124 Å². The van der Waals surface area contributed by atoms with Crippen molar-refractivity contribution in [2.45, 2.75) is 38.1 Å². The van der Waals surface area contributed by atoms with E-state index in [-0.39, 0.29) is 23.6 Å². The smallest absolute Gasteiger partial charge is 0.277 e. The Kier molecular flexibility index (Phi) is 8.10. The molecule has 0 radical (unpaired) electrons. The number of nitrogens with one attached hydrogen (secondary N) is 4. The molecule has 2 aliphatic rings. The van der Waals surface area contributed by atoms with Gasteiger partial charge in [-0.2, -0.15) is 0 Å². The molecule has 0 bridgehead atoms. The van der Waals surface area contributed by atoms with Crippen molar-refractivity contribution in [2.75, 3.05) is 49.2 Å². The Morgan fingerprint density at radius 3 is 2.54 bits per heavy atom. The summed E-state index contributed by atoms with van der Waals surface area (Å²) in [5.74, 6) is 0.331. The van der Waals surface area contributed by atoms with Gasteiger partial charge in [-0.3, -0.25) is 14.6 Å². The lowest BCUT2D eigenvalue weighted by molar-refractivity contribution is 0.0951. The highest BCUT2D eigenvalue weighted by Crippen LogP contribution is 2.39. The molecule has 10 nitrogen and oxygen atoms in total. The van der Waals surface area contributed by atoms with Crippen molar-refractivity contribution >= 4 is 35.2 Å². The van der Waals surface area contributed by atoms with Gasteiger partial charge in [0, 0.05) is 50.4 Å². The van der Waals surface area contributed by atoms with Gasteiger partial charge in [-0.15, -0.1) is 0 Å². The molecule has 0 saturated heterocycles. The van der Waals surface area contributed by atoms with Crippen LogP contribution in [0.2, 0.25) is 0 Å². The normalized spacial score (nSPS) is 16.3. The second-order valence-electron chi connectivity index (χ2n) is 10.1. The Labute approximate surface area is 228 Å². The van der Waals surface area contributed by atoms with Crippen LogP contribution in [0.5, 0.6) is 0 Å². The van der Waals surface area contributed by atoms with E-state index < -0.39 is 0 Å². The molecular weight excluding hydrogens is 494 g/mol. The number of likely N-dealkylation sites (N-methyl/N-ethyl adjacent to an activating group) is 1. The number of rotatable bonds is 12. The molecule has 2 heterocycles. The maximum absolute atomic E-state index is 13.0. The second kappa shape index (κ2) is 12.0. The van der Waals surface area contributed by atoms with Gasteiger partial charge in [0.05, 0.1) is 23.8 Å². The molecule has 1 atom stereocenters. The van der Waals surface area contributed by atoms with E-state index in [4.69, 9.17) is 4.42 Å². The maximum atomic E-state index is 13.0. The first-order valence-electron chi connectivity index (χ1n) is 13.4. The molecule has 1 aliphatic carbocycles. The van der Waals surface area contributed by atoms with Crippen LogP contribution in [0.15, 0.2) is 58.1 Å². The van der Waals surface area contributed by atoms with Crippen LogP contribution in [0, 0.1) is 6.92 Å². The van der Waals surface area contributed by atoms with E-state index in [2.05, 4.69) is 44.2 Å². The van der Waals surface area contributed by atoms with Gasteiger partial charge in [0.1, 0.15) is 6.26 Å². The Morgan fingerprint density at radius 1 is 1.00 bits per heavy atom. The number of benzene rings is 2. The van der Waals surface area contributed by atoms with Crippen LogP contribution in [0.25, 0.3) is 0 Å². The Bertz CT molecular complexity index is 1350. The predicted octanol–water partition coefficient (Wildman–Crippen LogP) is 4.10. The Balaban J connectivity index is 1.24. The summed E-state index contributed by atoms with van der Waals surface area (Å²) in [5, 5.41) is 12.7. The first-order chi connectivity index (χ1) is 19.0. The number of aromatic nitrogens is 1. The van der Waals surface area contributed by atoms with Crippen LogP contribution in [0.3, 0.4) is 0 Å². The van der Waals surface area contributed by atoms with Crippen molar-refractivity contribution < 1.29 is 14.0 Å². The minimum absolute atomic E-state index is 0.188. The molecule has 4 N–H and O–H groups in total. The molecule has 10 heteroatoms. The minimum Gasteiger partial charge on any atom is -0.448 e. The highest BCUT2D eigenvalue weighted by atomic mass is 16.3. The fourth-order valence-corrected chi connectivity index (χ4v) is 4.46. The summed E-state index contributed by atoms with van der Waals surface area (Å²) in [7, 11) is 1.98. The molecule has 1 unspecified atom stereocenters. The van der Waals surface area contributed by atoms with Crippen LogP contribution in [-0.4, -0.2) is 67.3 Å². The van der Waals surface area contributed by atoms with Crippen molar-refractivity contribution in [3.63, 3.8) is 0 Å². The van der Waals surface area contributed by atoms with Gasteiger partial charge in [0.25, 0.3) is 11.8 Å². The molecule has 1 fully saturated rings. The lowest BCUT2D eigenvalue weighted by Crippen LogP contribution is -2.28. The van der Waals surface area contributed by atoms with E-state index in [1.807, 2.05) is 42.6 Å². The number of aliphatic imine (C=N–C) groups is 1. The monoisotopic (exact) mass is 529 g/mol. The summed E-state index contributed by atoms with van der Waals surface area (Å²) in [6.45, 7) is 4.72. The number of oxazole rings is 1. The van der Waals surface area contributed by atoms with Crippen molar-refractivity contribution in [3.05, 3.63) is 71.4 Å². The maximum Gasteiger partial charge on any atom is 0.277 e. The van der Waals surface area contributed by atoms with Gasteiger partial charge in [0.2, 0.25) is 0 Å². The summed E-state index contributed by atoms with van der Waals surface area (Å²) in [4.78, 5) is 36.7.